The Hall–Kier alpha value is -2.25. The molecule has 0 atom stereocenters. The molecule has 0 bridgehead atoms. The van der Waals surface area contributed by atoms with E-state index in [1.54, 1.807) is 0 Å². The van der Waals surface area contributed by atoms with Gasteiger partial charge >= 0.3 is 0 Å². The second-order valence-corrected chi connectivity index (χ2v) is 12.4. The van der Waals surface area contributed by atoms with E-state index in [1.807, 2.05) is 0 Å². The third-order valence-corrected chi connectivity index (χ3v) is 8.66. The van der Waals surface area contributed by atoms with Crippen LogP contribution in [0.3, 0.4) is 0 Å². The predicted molar refractivity (Wildman–Crippen MR) is 183 cm³/mol. The molecule has 0 unspecified atom stereocenters. The van der Waals surface area contributed by atoms with E-state index < -0.39 is 0 Å². The molecule has 2 nitrogen and oxygen atoms in total. The van der Waals surface area contributed by atoms with Gasteiger partial charge < -0.3 is 5.53 Å². The Labute approximate surface area is 274 Å². The summed E-state index contributed by atoms with van der Waals surface area (Å²) in [5.74, 6) is 0. The van der Waals surface area contributed by atoms with Crippen molar-refractivity contribution in [1.29, 1.82) is 0 Å². The molecule has 2 aromatic rings. The molecule has 0 aromatic heterocycles. The molecule has 0 saturated carbocycles. The summed E-state index contributed by atoms with van der Waals surface area (Å²) < 4.78 is 1.45. The molecular weight excluding hydrogens is 567 g/mol. The fourth-order valence-electron chi connectivity index (χ4n) is 6.13. The Morgan fingerprint density at radius 3 is 1.91 bits per heavy atom. The number of hydrogen-bond donors (Lipinski definition) is 0. The summed E-state index contributed by atoms with van der Waals surface area (Å²) >= 11 is 0. The van der Waals surface area contributed by atoms with E-state index in [4.69, 9.17) is 0 Å². The van der Waals surface area contributed by atoms with Gasteiger partial charge in [-0.2, -0.15) is 0 Å². The largest absolute Gasteiger partial charge is 0.493 e. The SMILES string of the molecule is CCCCCCCCCCCCCCCC=CCCc1ccccc1C1=C(CCCC)C=C(c2cccc(C)c2)[N+]1=[N-].[Ni]. The number of benzene rings is 2. The van der Waals surface area contributed by atoms with Crippen LogP contribution in [0.4, 0.5) is 0 Å². The molecule has 238 valence electrons. The van der Waals surface area contributed by atoms with Crippen LogP contribution in [0.1, 0.15) is 152 Å². The first kappa shape index (κ1) is 36.9. The van der Waals surface area contributed by atoms with Crippen molar-refractivity contribution in [1.82, 2.24) is 0 Å². The third-order valence-electron chi connectivity index (χ3n) is 8.66. The van der Waals surface area contributed by atoms with E-state index in [9.17, 15) is 5.53 Å². The van der Waals surface area contributed by atoms with Gasteiger partial charge in [-0.3, -0.25) is 0 Å². The molecule has 0 radical (unpaired) electrons. The molecule has 3 heteroatoms. The second-order valence-electron chi connectivity index (χ2n) is 12.4. The molecule has 0 spiro atoms. The van der Waals surface area contributed by atoms with E-state index in [0.29, 0.717) is 0 Å². The summed E-state index contributed by atoms with van der Waals surface area (Å²) in [4.78, 5) is 0. The number of allylic oxidation sites excluding steroid dienone is 4. The van der Waals surface area contributed by atoms with Crippen LogP contribution >= 0.6 is 0 Å². The summed E-state index contributed by atoms with van der Waals surface area (Å²) in [6, 6.07) is 17.1. The zero-order chi connectivity index (χ0) is 29.8. The van der Waals surface area contributed by atoms with Crippen molar-refractivity contribution in [2.24, 2.45) is 0 Å². The number of rotatable bonds is 22. The van der Waals surface area contributed by atoms with Crippen molar-refractivity contribution in [2.45, 2.75) is 143 Å². The Morgan fingerprint density at radius 2 is 1.26 bits per heavy atom. The van der Waals surface area contributed by atoms with Crippen molar-refractivity contribution in [2.75, 3.05) is 0 Å². The smallest absolute Gasteiger partial charge is 0.211 e. The fraction of sp³-hybridized carbons (Fsp3) is 0.550. The normalized spacial score (nSPS) is 13.2. The van der Waals surface area contributed by atoms with Gasteiger partial charge in [0.2, 0.25) is 11.4 Å². The summed E-state index contributed by atoms with van der Waals surface area (Å²) in [7, 11) is 0. The van der Waals surface area contributed by atoms with Crippen LogP contribution in [0.25, 0.3) is 16.9 Å². The van der Waals surface area contributed by atoms with E-state index in [2.05, 4.69) is 87.5 Å². The van der Waals surface area contributed by atoms with Gasteiger partial charge in [0, 0.05) is 39.3 Å². The topological polar surface area (TPSA) is 25.3 Å². The van der Waals surface area contributed by atoms with Gasteiger partial charge in [0.25, 0.3) is 0 Å². The van der Waals surface area contributed by atoms with Gasteiger partial charge in [-0.15, -0.1) is 0 Å². The fourth-order valence-corrected chi connectivity index (χ4v) is 6.13. The van der Waals surface area contributed by atoms with Gasteiger partial charge in [0.15, 0.2) is 0 Å². The predicted octanol–water partition coefficient (Wildman–Crippen LogP) is 13.0. The maximum atomic E-state index is 11.5. The summed E-state index contributed by atoms with van der Waals surface area (Å²) in [6.45, 7) is 6.63. The Kier molecular flexibility index (Phi) is 19.2. The van der Waals surface area contributed by atoms with Crippen molar-refractivity contribution >= 4 is 11.4 Å². The summed E-state index contributed by atoms with van der Waals surface area (Å²) in [5.41, 5.74) is 19.3. The number of aryl methyl sites for hydroxylation is 2. The number of nitrogens with zero attached hydrogens (tertiary/aromatic N) is 2. The Morgan fingerprint density at radius 1 is 0.651 bits per heavy atom. The van der Waals surface area contributed by atoms with E-state index in [1.165, 1.54) is 111 Å². The zero-order valence-corrected chi connectivity index (χ0v) is 28.5. The van der Waals surface area contributed by atoms with Crippen molar-refractivity contribution < 1.29 is 21.2 Å². The van der Waals surface area contributed by atoms with Gasteiger partial charge in [0.1, 0.15) is 0 Å². The Balaban J connectivity index is 0.00000645. The van der Waals surface area contributed by atoms with Gasteiger partial charge in [-0.25, -0.2) is 4.70 Å². The van der Waals surface area contributed by atoms with E-state index in [-0.39, 0.29) is 16.5 Å². The van der Waals surface area contributed by atoms with E-state index >= 15 is 0 Å². The van der Waals surface area contributed by atoms with Crippen molar-refractivity contribution in [3.05, 3.63) is 100 Å². The average molecular weight is 626 g/mol. The van der Waals surface area contributed by atoms with E-state index in [0.717, 1.165) is 54.6 Å². The minimum absolute atomic E-state index is 0. The molecule has 0 N–H and O–H groups in total. The molecule has 1 heterocycles. The van der Waals surface area contributed by atoms with Gasteiger partial charge in [-0.05, 0) is 69.2 Å². The molecule has 1 aliphatic rings. The maximum absolute atomic E-state index is 11.5. The minimum atomic E-state index is 0. The van der Waals surface area contributed by atoms with Crippen LogP contribution in [-0.4, -0.2) is 4.70 Å². The summed E-state index contributed by atoms with van der Waals surface area (Å²) in [5, 5.41) is 0. The minimum Gasteiger partial charge on any atom is -0.493 e. The standard InChI is InChI=1S/C40H58N2.Ni/c1-4-6-8-9-10-11-12-13-14-15-16-17-18-19-20-21-22-28-35-29-23-24-31-38(35)40-37(27-7-5-2)33-39(42(40)41)36-30-25-26-34(3)32-36;/h20-21,23-26,29-33H,4-19,22,27-28H2,1-3H3;. The quantitative estimate of drug-likeness (QED) is 0.0539. The molecule has 0 fully saturated rings. The molecule has 2 aromatic carbocycles. The molecule has 3 rings (SSSR count). The Bertz CT molecular complexity index is 1170. The first-order chi connectivity index (χ1) is 20.7. The average Bonchev–Trinajstić information content (AvgIpc) is 3.33. The van der Waals surface area contributed by atoms with Crippen LogP contribution in [0.5, 0.6) is 0 Å². The van der Waals surface area contributed by atoms with Crippen LogP contribution < -0.4 is 0 Å². The molecule has 0 amide bonds. The molecular formula is C40H58N2Ni. The zero-order valence-electron chi connectivity index (χ0n) is 27.5. The van der Waals surface area contributed by atoms with Crippen LogP contribution in [-0.2, 0) is 22.9 Å². The molecule has 43 heavy (non-hydrogen) atoms. The van der Waals surface area contributed by atoms with Gasteiger partial charge in [-0.1, -0.05) is 145 Å². The van der Waals surface area contributed by atoms with Crippen LogP contribution in [0.15, 0.2) is 72.3 Å². The monoisotopic (exact) mass is 624 g/mol. The molecule has 1 aliphatic heterocycles. The van der Waals surface area contributed by atoms with Crippen LogP contribution in [0.2, 0.25) is 0 Å². The number of hydrogen-bond acceptors (Lipinski definition) is 0. The first-order valence-electron chi connectivity index (χ1n) is 17.4. The third kappa shape index (κ3) is 13.1. The second kappa shape index (κ2) is 22.3. The summed E-state index contributed by atoms with van der Waals surface area (Å²) in [6.07, 6.45) is 31.7. The van der Waals surface area contributed by atoms with Crippen molar-refractivity contribution in [3.63, 3.8) is 0 Å². The first-order valence-corrected chi connectivity index (χ1v) is 17.4. The maximum Gasteiger partial charge on any atom is 0.211 e. The van der Waals surface area contributed by atoms with Gasteiger partial charge in [0.05, 0.1) is 0 Å². The van der Waals surface area contributed by atoms with Crippen LogP contribution in [0, 0.1) is 6.92 Å². The molecule has 0 saturated heterocycles. The number of unbranched alkanes of at least 4 members (excludes halogenated alkanes) is 14. The molecule has 0 aliphatic carbocycles. The van der Waals surface area contributed by atoms with Crippen molar-refractivity contribution in [3.8, 4) is 0 Å².